The lowest BCUT2D eigenvalue weighted by atomic mass is 9.96. The van der Waals surface area contributed by atoms with E-state index in [2.05, 4.69) is 5.10 Å². The number of nitrogens with two attached hydrogens (primary N) is 1. The number of carboxylic acid groups (broad SMARTS) is 2. The van der Waals surface area contributed by atoms with Gasteiger partial charge in [0, 0.05) is 18.2 Å². The van der Waals surface area contributed by atoms with Gasteiger partial charge in [0.15, 0.2) is 0 Å². The van der Waals surface area contributed by atoms with Gasteiger partial charge in [-0.3, -0.25) is 9.59 Å². The van der Waals surface area contributed by atoms with Crippen molar-refractivity contribution in [3.05, 3.63) is 64.7 Å². The molecule has 12 heteroatoms. The van der Waals surface area contributed by atoms with Crippen molar-refractivity contribution in [1.82, 2.24) is 4.90 Å². The Balaban J connectivity index is 0.000000572. The topological polar surface area (TPSA) is 143 Å². The predicted molar refractivity (Wildman–Crippen MR) is 124 cm³/mol. The summed E-state index contributed by atoms with van der Waals surface area (Å²) in [4.78, 5) is 34.5. The molecule has 1 atom stereocenters. The number of ether oxygens (including phenoxy) is 1. The zero-order valence-electron chi connectivity index (χ0n) is 19.4. The lowest BCUT2D eigenvalue weighted by Gasteiger charge is -2.34. The smallest absolute Gasteiger partial charge is 0.489 e. The lowest BCUT2D eigenvalue weighted by molar-refractivity contribution is -0.192. The van der Waals surface area contributed by atoms with Gasteiger partial charge in [-0.1, -0.05) is 31.2 Å². The maximum absolute atomic E-state index is 12.8. The first-order valence-electron chi connectivity index (χ1n) is 10.9. The van der Waals surface area contributed by atoms with Gasteiger partial charge >= 0.3 is 18.1 Å². The zero-order chi connectivity index (χ0) is 26.9. The molecule has 1 amide bonds. The molecule has 2 aromatic rings. The number of benzene rings is 2. The van der Waals surface area contributed by atoms with E-state index in [1.165, 1.54) is 0 Å². The van der Waals surface area contributed by atoms with E-state index < -0.39 is 18.1 Å². The van der Waals surface area contributed by atoms with Gasteiger partial charge in [-0.05, 0) is 47.7 Å². The van der Waals surface area contributed by atoms with Crippen LogP contribution in [-0.4, -0.2) is 57.9 Å². The minimum absolute atomic E-state index is 0.0330. The van der Waals surface area contributed by atoms with Gasteiger partial charge in [0.1, 0.15) is 12.4 Å². The average molecular weight is 509 g/mol. The van der Waals surface area contributed by atoms with Crippen molar-refractivity contribution in [2.45, 2.75) is 45.0 Å². The summed E-state index contributed by atoms with van der Waals surface area (Å²) in [6.45, 7) is 2.84. The number of nitrogens with zero attached hydrogens (tertiary/aromatic N) is 2. The second-order valence-electron chi connectivity index (χ2n) is 7.84. The molecule has 0 saturated carbocycles. The fraction of sp³-hybridized carbons (Fsp3) is 0.333. The van der Waals surface area contributed by atoms with E-state index in [4.69, 9.17) is 25.6 Å². The first-order valence-corrected chi connectivity index (χ1v) is 10.9. The van der Waals surface area contributed by atoms with E-state index in [9.17, 15) is 22.8 Å². The summed E-state index contributed by atoms with van der Waals surface area (Å²) < 4.78 is 37.6. The Morgan fingerprint density at radius 1 is 1.19 bits per heavy atom. The van der Waals surface area contributed by atoms with E-state index in [1.54, 1.807) is 23.2 Å². The summed E-state index contributed by atoms with van der Waals surface area (Å²) in [6.07, 6.45) is -2.24. The van der Waals surface area contributed by atoms with Crippen LogP contribution < -0.4 is 10.6 Å². The molecule has 4 N–H and O–H groups in total. The van der Waals surface area contributed by atoms with Gasteiger partial charge in [0.05, 0.1) is 12.6 Å². The van der Waals surface area contributed by atoms with Crippen molar-refractivity contribution in [1.29, 1.82) is 0 Å². The maximum atomic E-state index is 12.8. The normalized spacial score (nSPS) is 14.0. The third-order valence-electron chi connectivity index (χ3n) is 5.36. The first-order chi connectivity index (χ1) is 17.0. The van der Waals surface area contributed by atoms with Crippen LogP contribution in [0, 0.1) is 0 Å². The number of hydrogen-bond acceptors (Lipinski definition) is 6. The Morgan fingerprint density at radius 2 is 1.83 bits per heavy atom. The SMILES string of the molecule is CCC(CC(=O)O)N1CCc2cc(OCc3ccc(C=NN)cc3)ccc2C1=O.O=C(O)C(F)(F)F. The number of aliphatic carboxylic acids is 2. The molecule has 9 nitrogen and oxygen atoms in total. The molecule has 0 spiro atoms. The number of rotatable bonds is 8. The van der Waals surface area contributed by atoms with Crippen LogP contribution >= 0.6 is 0 Å². The van der Waals surface area contributed by atoms with Crippen molar-refractivity contribution in [2.75, 3.05) is 6.54 Å². The average Bonchev–Trinajstić information content (AvgIpc) is 2.82. The number of carbonyl (C=O) groups excluding carboxylic acids is 1. The Morgan fingerprint density at radius 3 is 2.36 bits per heavy atom. The minimum Gasteiger partial charge on any atom is -0.489 e. The van der Waals surface area contributed by atoms with Crippen LogP contribution in [0.25, 0.3) is 0 Å². The fourth-order valence-corrected chi connectivity index (χ4v) is 3.55. The van der Waals surface area contributed by atoms with Crippen LogP contribution in [0.3, 0.4) is 0 Å². The Kier molecular flexibility index (Phi) is 9.83. The molecule has 1 heterocycles. The van der Waals surface area contributed by atoms with Crippen molar-refractivity contribution >= 4 is 24.1 Å². The largest absolute Gasteiger partial charge is 0.490 e. The quantitative estimate of drug-likeness (QED) is 0.281. The van der Waals surface area contributed by atoms with Crippen LogP contribution in [0.15, 0.2) is 47.6 Å². The van der Waals surface area contributed by atoms with Crippen molar-refractivity contribution in [3.63, 3.8) is 0 Å². The van der Waals surface area contributed by atoms with Crippen LogP contribution in [-0.2, 0) is 22.6 Å². The first kappa shape index (κ1) is 28.1. The number of hydrogen-bond donors (Lipinski definition) is 3. The lowest BCUT2D eigenvalue weighted by Crippen LogP contribution is -2.45. The second kappa shape index (κ2) is 12.6. The highest BCUT2D eigenvalue weighted by atomic mass is 19.4. The number of carbonyl (C=O) groups is 3. The summed E-state index contributed by atoms with van der Waals surface area (Å²) >= 11 is 0. The molecule has 0 fully saturated rings. The van der Waals surface area contributed by atoms with Crippen molar-refractivity contribution in [3.8, 4) is 5.75 Å². The standard InChI is InChI=1S/C22H25N3O4.C2HF3O2/c1-2-18(12-21(26)27)25-10-9-17-11-19(7-8-20(17)22(25)28)29-14-16-5-3-15(4-6-16)13-24-23;3-2(4,5)1(6)7/h3-8,11,13,18H,2,9-10,12,14,23H2,1H3,(H,26,27);(H,6,7). The summed E-state index contributed by atoms with van der Waals surface area (Å²) in [5.41, 5.74) is 3.49. The van der Waals surface area contributed by atoms with E-state index in [0.717, 1.165) is 16.7 Å². The number of halogens is 3. The molecule has 1 aliphatic heterocycles. The molecule has 194 valence electrons. The molecule has 3 rings (SSSR count). The number of amides is 1. The Hall–Kier alpha value is -4.09. The molecule has 0 radical (unpaired) electrons. The van der Waals surface area contributed by atoms with E-state index in [-0.39, 0.29) is 18.4 Å². The summed E-state index contributed by atoms with van der Waals surface area (Å²) in [7, 11) is 0. The van der Waals surface area contributed by atoms with E-state index in [1.807, 2.05) is 37.3 Å². The summed E-state index contributed by atoms with van der Waals surface area (Å²) in [6, 6.07) is 12.9. The second-order valence-corrected chi connectivity index (χ2v) is 7.84. The van der Waals surface area contributed by atoms with Crippen LogP contribution in [0.4, 0.5) is 13.2 Å². The number of fused-ring (bicyclic) bond motifs is 1. The fourth-order valence-electron chi connectivity index (χ4n) is 3.55. The predicted octanol–water partition coefficient (Wildman–Crippen LogP) is 3.44. The van der Waals surface area contributed by atoms with Gasteiger partial charge in [-0.2, -0.15) is 18.3 Å². The monoisotopic (exact) mass is 509 g/mol. The molecule has 0 aliphatic carbocycles. The molecule has 1 aliphatic rings. The van der Waals surface area contributed by atoms with Gasteiger partial charge in [-0.25, -0.2) is 4.79 Å². The number of alkyl halides is 3. The van der Waals surface area contributed by atoms with E-state index >= 15 is 0 Å². The molecule has 0 saturated heterocycles. The maximum Gasteiger partial charge on any atom is 0.490 e. The Labute approximate surface area is 205 Å². The molecular formula is C24H26F3N3O6. The van der Waals surface area contributed by atoms with Crippen LogP contribution in [0.2, 0.25) is 0 Å². The molecule has 0 aromatic heterocycles. The minimum atomic E-state index is -5.08. The summed E-state index contributed by atoms with van der Waals surface area (Å²) in [5, 5.41) is 19.7. The number of carboxylic acids is 2. The summed E-state index contributed by atoms with van der Waals surface area (Å²) in [5.74, 6) is 2.10. The van der Waals surface area contributed by atoms with Crippen LogP contribution in [0.5, 0.6) is 5.75 Å². The highest BCUT2D eigenvalue weighted by Crippen LogP contribution is 2.27. The van der Waals surface area contributed by atoms with Gasteiger partial charge < -0.3 is 25.7 Å². The third-order valence-corrected chi connectivity index (χ3v) is 5.36. The molecule has 0 bridgehead atoms. The molecule has 36 heavy (non-hydrogen) atoms. The zero-order valence-corrected chi connectivity index (χ0v) is 19.4. The third kappa shape index (κ3) is 8.00. The van der Waals surface area contributed by atoms with Crippen LogP contribution in [0.1, 0.15) is 46.8 Å². The van der Waals surface area contributed by atoms with Gasteiger partial charge in [-0.15, -0.1) is 0 Å². The van der Waals surface area contributed by atoms with Gasteiger partial charge in [0.2, 0.25) is 0 Å². The molecule has 1 unspecified atom stereocenters. The molecular weight excluding hydrogens is 483 g/mol. The van der Waals surface area contributed by atoms with E-state index in [0.29, 0.717) is 37.3 Å². The van der Waals surface area contributed by atoms with Crippen molar-refractivity contribution in [2.24, 2.45) is 10.9 Å². The van der Waals surface area contributed by atoms with Crippen molar-refractivity contribution < 1.29 is 42.5 Å². The highest BCUT2D eigenvalue weighted by molar-refractivity contribution is 5.97. The molecule has 2 aromatic carbocycles. The highest BCUT2D eigenvalue weighted by Gasteiger charge is 2.38. The van der Waals surface area contributed by atoms with Gasteiger partial charge in [0.25, 0.3) is 5.91 Å². The Bertz CT molecular complexity index is 1100. The number of hydrazone groups is 1.